The minimum Gasteiger partial charge on any atom is -0.508 e. The Morgan fingerprint density at radius 1 is 1.22 bits per heavy atom. The summed E-state index contributed by atoms with van der Waals surface area (Å²) in [5, 5.41) is 41.8. The second kappa shape index (κ2) is 22.7. The molecule has 20 heteroatoms. The number of halogens is 1. The molecule has 11 atom stereocenters. The van der Waals surface area contributed by atoms with Crippen molar-refractivity contribution in [2.24, 2.45) is 0 Å². The number of aliphatic hydroxyl groups is 2. The van der Waals surface area contributed by atoms with Crippen LogP contribution < -0.4 is 10.6 Å². The number of ether oxygens (including phenoxy) is 6. The number of phenols is 1. The number of rotatable bonds is 14. The summed E-state index contributed by atoms with van der Waals surface area (Å²) in [6, 6.07) is 6.31. The average Bonchev–Trinajstić information content (AvgIpc) is 3.66. The van der Waals surface area contributed by atoms with E-state index in [0.717, 1.165) is 24.9 Å². The number of allylic oxidation sites excluding steroid dienone is 3. The van der Waals surface area contributed by atoms with Gasteiger partial charge in [-0.15, -0.1) is 27.1 Å². The number of alkyl carbamates (subject to hydrolysis) is 1. The molecule has 1 aliphatic carbocycles. The maximum atomic E-state index is 15.3. The van der Waals surface area contributed by atoms with Gasteiger partial charge in [0.25, 0.3) is 0 Å². The molecule has 0 bridgehead atoms. The fourth-order valence-electron chi connectivity index (χ4n) is 8.48. The number of benzene rings is 1. The fourth-order valence-corrected chi connectivity index (χ4v) is 10.1. The monoisotopic (exact) mass is 982 g/mol. The molecule has 0 spiro atoms. The molecule has 0 saturated carbocycles. The zero-order valence-electron chi connectivity index (χ0n) is 38.2. The third kappa shape index (κ3) is 11.3. The van der Waals surface area contributed by atoms with Crippen molar-refractivity contribution in [1.82, 2.24) is 20.6 Å². The van der Waals surface area contributed by atoms with E-state index in [1.54, 1.807) is 50.8 Å². The second-order valence-corrected chi connectivity index (χ2v) is 20.5. The van der Waals surface area contributed by atoms with E-state index in [-0.39, 0.29) is 59.2 Å². The number of aliphatic hydroxyl groups excluding tert-OH is 2. The van der Waals surface area contributed by atoms with Crippen LogP contribution in [0.25, 0.3) is 21.8 Å². The quantitative estimate of drug-likeness (QED) is 0.0987. The number of fused-ring (bicyclic) bond motifs is 3. The number of Topliss-reactive ketones (excluding diaryl/α,β-unsaturated/α-hetero) is 2. The van der Waals surface area contributed by atoms with E-state index in [1.165, 1.54) is 19.2 Å². The van der Waals surface area contributed by atoms with E-state index >= 15 is 9.18 Å². The van der Waals surface area contributed by atoms with Crippen molar-refractivity contribution in [2.45, 2.75) is 107 Å². The number of nitrogens with one attached hydrogen (secondary N) is 3. The molecule has 2 fully saturated rings. The van der Waals surface area contributed by atoms with Crippen LogP contribution in [-0.4, -0.2) is 148 Å². The Balaban J connectivity index is 1.52. The fraction of sp³-hybridized carbons (Fsp3) is 0.489. The highest BCUT2D eigenvalue weighted by atomic mass is 32.8. The van der Waals surface area contributed by atoms with Crippen LogP contribution in [0, 0.1) is 23.7 Å². The van der Waals surface area contributed by atoms with E-state index < -0.39 is 93.3 Å². The third-order valence-corrected chi connectivity index (χ3v) is 14.1. The Bertz CT molecular complexity index is 2610. The number of carbonyl (C=O) groups is 3. The molecular formula is C47H55FN4O12S3. The average molecular weight is 983 g/mol. The molecule has 2 aliphatic heterocycles. The van der Waals surface area contributed by atoms with Gasteiger partial charge in [0.1, 0.15) is 34.5 Å². The number of methoxy groups -OCH3 is 2. The number of nitrogens with zero attached hydrogens (tertiary/aromatic N) is 1. The lowest BCUT2D eigenvalue weighted by atomic mass is 9.82. The van der Waals surface area contributed by atoms with Gasteiger partial charge in [-0.05, 0) is 62.1 Å². The number of hydrogen-bond acceptors (Lipinski definition) is 16. The van der Waals surface area contributed by atoms with Gasteiger partial charge in [0.15, 0.2) is 24.2 Å². The zero-order chi connectivity index (χ0) is 48.7. The van der Waals surface area contributed by atoms with Crippen LogP contribution in [0.2, 0.25) is 0 Å². The molecule has 0 radical (unpaired) electrons. The standard InChI is InChI=1S/C47H55FN4O12S3/c1-9-10-11-26(48)12-15-35(38-29(17-19-67(8)65)33(54)21-34(55)40(38)52-46(58)60-6)63-45-42(64-37-22-36(59-5)32(23-61-37)50-24(2)3)44(57)47(66-7,25(4)62-45)43(56)41-39-28(16-18-49-41)30-20-27(53)13-14-31(30)51-39/h11,13-14,16-18,20,24-25,32-33,35-37,42,44-45,50-51,53-54,57H,19,21-23H2,1-8H3,(H,52,58)/b26-11+,29-17-/t25?,32?,33-,35-,36?,37?,42?,44?,45?,47?,67?/m0/s1. The number of amides is 1. The molecule has 67 heavy (non-hydrogen) atoms. The van der Waals surface area contributed by atoms with Crippen molar-refractivity contribution < 1.29 is 62.5 Å². The van der Waals surface area contributed by atoms with Gasteiger partial charge < -0.3 is 54.0 Å². The van der Waals surface area contributed by atoms with Crippen LogP contribution in [0.15, 0.2) is 65.3 Å². The normalized spacial score (nSPS) is 28.4. The van der Waals surface area contributed by atoms with Gasteiger partial charge in [-0.25, -0.2) is 4.79 Å². The number of H-pyrrole nitrogens is 1. The Labute approximate surface area is 399 Å². The van der Waals surface area contributed by atoms with Crippen molar-refractivity contribution in [3.05, 3.63) is 71.0 Å². The first-order valence-electron chi connectivity index (χ1n) is 21.3. The molecule has 9 unspecified atom stereocenters. The summed E-state index contributed by atoms with van der Waals surface area (Å²) in [6.07, 6.45) is -4.88. The predicted octanol–water partition coefficient (Wildman–Crippen LogP) is 4.17. The van der Waals surface area contributed by atoms with Crippen molar-refractivity contribution in [3.8, 4) is 29.4 Å². The summed E-state index contributed by atoms with van der Waals surface area (Å²) >= 11 is 6.46. The van der Waals surface area contributed by atoms with Gasteiger partial charge in [0, 0.05) is 65.9 Å². The highest BCUT2D eigenvalue weighted by Crippen LogP contribution is 2.46. The van der Waals surface area contributed by atoms with Crippen molar-refractivity contribution in [1.29, 1.82) is 0 Å². The van der Waals surface area contributed by atoms with Gasteiger partial charge in [-0.3, -0.25) is 19.9 Å². The lowest BCUT2D eigenvalue weighted by Gasteiger charge is -2.51. The van der Waals surface area contributed by atoms with Crippen molar-refractivity contribution in [2.75, 3.05) is 39.1 Å². The summed E-state index contributed by atoms with van der Waals surface area (Å²) in [6.45, 7) is 7.17. The topological polar surface area (TPSA) is 220 Å². The summed E-state index contributed by atoms with van der Waals surface area (Å²) in [5.41, 5.74) is 0.540. The number of thioether (sulfide) groups is 1. The molecule has 6 rings (SSSR count). The maximum absolute atomic E-state index is 15.3. The maximum Gasteiger partial charge on any atom is 0.411 e. The van der Waals surface area contributed by atoms with Gasteiger partial charge >= 0.3 is 6.09 Å². The minimum atomic E-state index is -1.86. The number of ketones is 2. The molecule has 1 aromatic carbocycles. The van der Waals surface area contributed by atoms with Crippen LogP contribution in [0.3, 0.4) is 0 Å². The molecule has 4 heterocycles. The lowest BCUT2D eigenvalue weighted by Crippen LogP contribution is -2.68. The minimum absolute atomic E-state index is 0.0201. The van der Waals surface area contributed by atoms with E-state index in [2.05, 4.69) is 44.3 Å². The number of aromatic nitrogens is 2. The Morgan fingerprint density at radius 2 is 1.99 bits per heavy atom. The van der Waals surface area contributed by atoms with Crippen molar-refractivity contribution >= 4 is 71.9 Å². The SMILES string of the molecule is CC#C/C=C(/F)C#C[C@H](OC1OC(C)C(SC)(C(=O)c2nccc3c2[nH]c2ccc(O)cc23)C(O)C1OC1CC(OC)C(NC(C)C)CO1)C1=C(NC(=O)OC)C(=O)C[C@H](O)/C1=C/CS(C)=S. The highest BCUT2D eigenvalue weighted by molar-refractivity contribution is 8.28. The van der Waals surface area contributed by atoms with Crippen LogP contribution in [-0.2, 0) is 53.9 Å². The second-order valence-electron chi connectivity index (χ2n) is 16.3. The smallest absolute Gasteiger partial charge is 0.411 e. The number of hydrogen-bond donors (Lipinski definition) is 6. The molecule has 2 saturated heterocycles. The summed E-state index contributed by atoms with van der Waals surface area (Å²) in [5.74, 6) is 8.03. The Kier molecular flexibility index (Phi) is 17.6. The largest absolute Gasteiger partial charge is 0.508 e. The van der Waals surface area contributed by atoms with E-state index in [1.807, 2.05) is 13.8 Å². The molecule has 6 N–H and O–H groups in total. The Hall–Kier alpha value is -4.55. The van der Waals surface area contributed by atoms with E-state index in [9.17, 15) is 24.9 Å². The van der Waals surface area contributed by atoms with Crippen LogP contribution in [0.4, 0.5) is 9.18 Å². The molecule has 3 aromatic rings. The molecular weight excluding hydrogens is 928 g/mol. The van der Waals surface area contributed by atoms with Gasteiger partial charge in [-0.1, -0.05) is 43.0 Å². The third-order valence-electron chi connectivity index (χ3n) is 11.6. The first-order valence-corrected chi connectivity index (χ1v) is 25.3. The molecule has 16 nitrogen and oxygen atoms in total. The number of aromatic hydroxyl groups is 1. The summed E-state index contributed by atoms with van der Waals surface area (Å²) in [7, 11) is 2.02. The molecule has 1 amide bonds. The van der Waals surface area contributed by atoms with Crippen LogP contribution in [0.5, 0.6) is 5.75 Å². The van der Waals surface area contributed by atoms with Crippen molar-refractivity contribution in [3.63, 3.8) is 0 Å². The highest BCUT2D eigenvalue weighted by Gasteiger charge is 2.61. The number of phenolic OH excluding ortho intramolecular Hbond substituents is 1. The molecule has 3 aliphatic rings. The first kappa shape index (κ1) is 51.8. The van der Waals surface area contributed by atoms with Crippen LogP contribution in [0.1, 0.15) is 51.0 Å². The van der Waals surface area contributed by atoms with Gasteiger partial charge in [0.2, 0.25) is 5.78 Å². The van der Waals surface area contributed by atoms with Crippen LogP contribution >= 0.6 is 11.8 Å². The predicted molar refractivity (Wildman–Crippen MR) is 255 cm³/mol. The van der Waals surface area contributed by atoms with E-state index in [0.29, 0.717) is 21.8 Å². The lowest BCUT2D eigenvalue weighted by molar-refractivity contribution is -0.323. The zero-order valence-corrected chi connectivity index (χ0v) is 40.7. The number of pyridine rings is 1. The summed E-state index contributed by atoms with van der Waals surface area (Å²) < 4.78 is 50.4. The first-order chi connectivity index (χ1) is 32.0. The number of carbonyl (C=O) groups excluding carboxylic acids is 3. The van der Waals surface area contributed by atoms with Gasteiger partial charge in [0.05, 0.1) is 49.3 Å². The molecule has 360 valence electrons. The summed E-state index contributed by atoms with van der Waals surface area (Å²) in [4.78, 5) is 49.6. The van der Waals surface area contributed by atoms with Gasteiger partial charge in [-0.2, -0.15) is 4.39 Å². The Morgan fingerprint density at radius 3 is 2.66 bits per heavy atom. The molecule has 2 aromatic heterocycles. The number of aromatic amines is 1. The van der Waals surface area contributed by atoms with E-state index in [4.69, 9.17) is 39.6 Å².